The van der Waals surface area contributed by atoms with E-state index in [4.69, 9.17) is 18.0 Å². The molecule has 8 heteroatoms. The fraction of sp³-hybridized carbons (Fsp3) is 0.182. The van der Waals surface area contributed by atoms with Crippen LogP contribution in [0.5, 0.6) is 0 Å². The van der Waals surface area contributed by atoms with Crippen LogP contribution < -0.4 is 10.5 Å². The third kappa shape index (κ3) is 3.83. The van der Waals surface area contributed by atoms with Gasteiger partial charge in [0.1, 0.15) is 9.20 Å². The van der Waals surface area contributed by atoms with Crippen molar-refractivity contribution >= 4 is 49.9 Å². The standard InChI is InChI=1S/C11H12N2O2S4/c12-11(16)9-3-4-10(18-9)19(14,15)13-6-5-8-2-1-7-17-8/h1-4,7,13H,5-6H2,(H2,12,16). The third-order valence-electron chi connectivity index (χ3n) is 2.33. The van der Waals surface area contributed by atoms with Gasteiger partial charge in [-0.05, 0) is 30.0 Å². The van der Waals surface area contributed by atoms with Crippen molar-refractivity contribution in [2.75, 3.05) is 6.54 Å². The van der Waals surface area contributed by atoms with Crippen molar-refractivity contribution in [3.05, 3.63) is 39.4 Å². The van der Waals surface area contributed by atoms with Crippen LogP contribution in [0.1, 0.15) is 9.75 Å². The van der Waals surface area contributed by atoms with E-state index < -0.39 is 10.0 Å². The van der Waals surface area contributed by atoms with Gasteiger partial charge in [-0.15, -0.1) is 22.7 Å². The van der Waals surface area contributed by atoms with Crippen LogP contribution in [0.25, 0.3) is 0 Å². The fourth-order valence-electron chi connectivity index (χ4n) is 1.43. The molecule has 0 unspecified atom stereocenters. The monoisotopic (exact) mass is 332 g/mol. The van der Waals surface area contributed by atoms with E-state index in [2.05, 4.69) is 4.72 Å². The Morgan fingerprint density at radius 1 is 1.37 bits per heavy atom. The Morgan fingerprint density at radius 2 is 2.16 bits per heavy atom. The molecule has 102 valence electrons. The van der Waals surface area contributed by atoms with Crippen molar-refractivity contribution in [2.24, 2.45) is 5.73 Å². The molecule has 0 saturated heterocycles. The molecule has 0 aliphatic heterocycles. The van der Waals surface area contributed by atoms with Gasteiger partial charge >= 0.3 is 0 Å². The van der Waals surface area contributed by atoms with E-state index in [0.717, 1.165) is 16.2 Å². The van der Waals surface area contributed by atoms with Crippen LogP contribution in [0.3, 0.4) is 0 Å². The predicted molar refractivity (Wildman–Crippen MR) is 83.4 cm³/mol. The van der Waals surface area contributed by atoms with Gasteiger partial charge in [0, 0.05) is 11.4 Å². The summed E-state index contributed by atoms with van der Waals surface area (Å²) in [4.78, 5) is 1.97. The SMILES string of the molecule is NC(=S)c1ccc(S(=O)(=O)NCCc2cccs2)s1. The number of hydrogen-bond donors (Lipinski definition) is 2. The molecule has 3 N–H and O–H groups in total. The third-order valence-corrected chi connectivity index (χ3v) is 6.69. The minimum atomic E-state index is -3.47. The minimum absolute atomic E-state index is 0.213. The number of hydrogen-bond acceptors (Lipinski definition) is 5. The van der Waals surface area contributed by atoms with Crippen LogP contribution in [0.2, 0.25) is 0 Å². The second-order valence-corrected chi connectivity index (χ2v) is 8.26. The molecule has 0 bridgehead atoms. The van der Waals surface area contributed by atoms with Gasteiger partial charge in [0.15, 0.2) is 0 Å². The second-order valence-electron chi connectivity index (χ2n) is 3.71. The summed E-state index contributed by atoms with van der Waals surface area (Å²) in [6.45, 7) is 0.378. The lowest BCUT2D eigenvalue weighted by atomic mass is 10.3. The quantitative estimate of drug-likeness (QED) is 0.793. The Labute approximate surface area is 125 Å². The molecule has 0 spiro atoms. The van der Waals surface area contributed by atoms with Gasteiger partial charge in [0.2, 0.25) is 10.0 Å². The molecular weight excluding hydrogens is 320 g/mol. The first-order chi connectivity index (χ1) is 8.99. The van der Waals surface area contributed by atoms with Crippen molar-refractivity contribution in [1.29, 1.82) is 0 Å². The molecule has 2 aromatic heterocycles. The number of rotatable bonds is 6. The first-order valence-corrected chi connectivity index (χ1v) is 8.99. The Bertz CT molecular complexity index is 659. The lowest BCUT2D eigenvalue weighted by molar-refractivity contribution is 0.584. The van der Waals surface area contributed by atoms with Crippen LogP contribution in [-0.2, 0) is 16.4 Å². The van der Waals surface area contributed by atoms with Crippen molar-refractivity contribution in [3.63, 3.8) is 0 Å². The molecule has 0 radical (unpaired) electrons. The highest BCUT2D eigenvalue weighted by Crippen LogP contribution is 2.21. The summed E-state index contributed by atoms with van der Waals surface area (Å²) >= 11 is 7.51. The average molecular weight is 332 g/mol. The first kappa shape index (κ1) is 14.6. The summed E-state index contributed by atoms with van der Waals surface area (Å²) in [5, 5.41) is 1.97. The number of thiophene rings is 2. The zero-order valence-corrected chi connectivity index (χ0v) is 13.1. The van der Waals surface area contributed by atoms with Gasteiger partial charge in [0.25, 0.3) is 0 Å². The van der Waals surface area contributed by atoms with Crippen molar-refractivity contribution < 1.29 is 8.42 Å². The average Bonchev–Trinajstić information content (AvgIpc) is 2.99. The first-order valence-electron chi connectivity index (χ1n) is 5.41. The summed E-state index contributed by atoms with van der Waals surface area (Å²) in [5.74, 6) is 0. The van der Waals surface area contributed by atoms with E-state index in [0.29, 0.717) is 17.8 Å². The Kier molecular flexibility index (Phi) is 4.69. The van der Waals surface area contributed by atoms with E-state index >= 15 is 0 Å². The summed E-state index contributed by atoms with van der Waals surface area (Å²) in [6, 6.07) is 7.07. The van der Waals surface area contributed by atoms with E-state index in [-0.39, 0.29) is 9.20 Å². The largest absolute Gasteiger partial charge is 0.389 e. The molecule has 0 aliphatic rings. The number of thiocarbonyl (C=S) groups is 1. The van der Waals surface area contributed by atoms with Crippen LogP contribution in [-0.4, -0.2) is 20.0 Å². The summed E-state index contributed by atoms with van der Waals surface area (Å²) < 4.78 is 26.8. The zero-order valence-electron chi connectivity index (χ0n) is 9.83. The van der Waals surface area contributed by atoms with Crippen LogP contribution >= 0.6 is 34.9 Å². The van der Waals surface area contributed by atoms with Gasteiger partial charge in [0.05, 0.1) is 4.88 Å². The van der Waals surface area contributed by atoms with Gasteiger partial charge in [-0.3, -0.25) is 0 Å². The van der Waals surface area contributed by atoms with E-state index in [1.54, 1.807) is 17.4 Å². The Morgan fingerprint density at radius 3 is 2.74 bits per heavy atom. The van der Waals surface area contributed by atoms with Gasteiger partial charge in [-0.2, -0.15) is 0 Å². The Hall–Kier alpha value is -0.800. The zero-order chi connectivity index (χ0) is 13.9. The molecule has 0 amide bonds. The van der Waals surface area contributed by atoms with Crippen LogP contribution in [0.15, 0.2) is 33.9 Å². The summed E-state index contributed by atoms with van der Waals surface area (Å²) in [6.07, 6.45) is 0.685. The molecule has 2 aromatic rings. The molecule has 0 atom stereocenters. The number of sulfonamides is 1. The van der Waals surface area contributed by atoms with Gasteiger partial charge in [-0.1, -0.05) is 18.3 Å². The highest BCUT2D eigenvalue weighted by atomic mass is 32.2. The summed E-state index contributed by atoms with van der Waals surface area (Å²) in [7, 11) is -3.47. The van der Waals surface area contributed by atoms with Crippen molar-refractivity contribution in [3.8, 4) is 0 Å². The maximum atomic E-state index is 12.0. The second kappa shape index (κ2) is 6.10. The maximum absolute atomic E-state index is 12.0. The highest BCUT2D eigenvalue weighted by Gasteiger charge is 2.16. The van der Waals surface area contributed by atoms with E-state index in [1.807, 2.05) is 17.5 Å². The molecular formula is C11H12N2O2S4. The van der Waals surface area contributed by atoms with Crippen molar-refractivity contribution in [2.45, 2.75) is 10.6 Å². The smallest absolute Gasteiger partial charge is 0.250 e. The van der Waals surface area contributed by atoms with Crippen LogP contribution in [0, 0.1) is 0 Å². The Balaban J connectivity index is 1.99. The molecule has 19 heavy (non-hydrogen) atoms. The van der Waals surface area contributed by atoms with E-state index in [9.17, 15) is 8.42 Å². The molecule has 2 rings (SSSR count). The minimum Gasteiger partial charge on any atom is -0.389 e. The van der Waals surface area contributed by atoms with Gasteiger partial charge < -0.3 is 5.73 Å². The van der Waals surface area contributed by atoms with Crippen LogP contribution in [0.4, 0.5) is 0 Å². The highest BCUT2D eigenvalue weighted by molar-refractivity contribution is 7.91. The predicted octanol–water partition coefficient (Wildman–Crippen LogP) is 1.96. The molecule has 4 nitrogen and oxygen atoms in total. The number of nitrogens with two attached hydrogens (primary N) is 1. The lowest BCUT2D eigenvalue weighted by Gasteiger charge is -2.03. The normalized spacial score (nSPS) is 11.6. The molecule has 2 heterocycles. The van der Waals surface area contributed by atoms with Gasteiger partial charge in [-0.25, -0.2) is 13.1 Å². The lowest BCUT2D eigenvalue weighted by Crippen LogP contribution is -2.25. The van der Waals surface area contributed by atoms with E-state index in [1.165, 1.54) is 6.07 Å². The molecule has 0 aromatic carbocycles. The molecule has 0 aliphatic carbocycles. The molecule has 0 fully saturated rings. The van der Waals surface area contributed by atoms with Crippen molar-refractivity contribution in [1.82, 2.24) is 4.72 Å². The maximum Gasteiger partial charge on any atom is 0.250 e. The topological polar surface area (TPSA) is 72.2 Å². The molecule has 0 saturated carbocycles. The fourth-order valence-corrected chi connectivity index (χ4v) is 4.57. The summed E-state index contributed by atoms with van der Waals surface area (Å²) in [5.41, 5.74) is 5.46. The number of nitrogens with one attached hydrogen (secondary N) is 1.